The monoisotopic (exact) mass is 401 g/mol. The second-order valence-corrected chi connectivity index (χ2v) is 9.04. The Kier molecular flexibility index (Phi) is 6.61. The van der Waals surface area contributed by atoms with Crippen LogP contribution in [0.4, 0.5) is 5.69 Å². The molecule has 0 saturated heterocycles. The van der Waals surface area contributed by atoms with Gasteiger partial charge in [-0.15, -0.1) is 0 Å². The zero-order valence-electron chi connectivity index (χ0n) is 17.2. The zero-order valence-corrected chi connectivity index (χ0v) is 18.0. The van der Waals surface area contributed by atoms with E-state index in [1.807, 2.05) is 52.8 Å². The Hall–Kier alpha value is -2.67. The van der Waals surface area contributed by atoms with E-state index in [9.17, 15) is 13.2 Å². The highest BCUT2D eigenvalue weighted by Crippen LogP contribution is 2.21. The van der Waals surface area contributed by atoms with Gasteiger partial charge in [0.25, 0.3) is 5.91 Å². The van der Waals surface area contributed by atoms with Crippen molar-refractivity contribution in [2.24, 2.45) is 5.10 Å². The van der Waals surface area contributed by atoms with E-state index in [0.29, 0.717) is 5.69 Å². The highest BCUT2D eigenvalue weighted by Gasteiger charge is 2.21. The summed E-state index contributed by atoms with van der Waals surface area (Å²) in [5, 5.41) is 3.99. The fraction of sp³-hybridized carbons (Fsp3) is 0.333. The number of hydrogen-bond acceptors (Lipinski definition) is 4. The molecule has 0 bridgehead atoms. The van der Waals surface area contributed by atoms with Crippen LogP contribution >= 0.6 is 0 Å². The molecule has 7 heteroatoms. The Labute approximate surface area is 167 Å². The van der Waals surface area contributed by atoms with Gasteiger partial charge in [0.15, 0.2) is 0 Å². The van der Waals surface area contributed by atoms with E-state index in [0.717, 1.165) is 32.8 Å². The summed E-state index contributed by atoms with van der Waals surface area (Å²) in [5.74, 6) is -0.512. The third kappa shape index (κ3) is 5.42. The quantitative estimate of drug-likeness (QED) is 0.597. The van der Waals surface area contributed by atoms with Crippen LogP contribution in [0.5, 0.6) is 0 Å². The number of hydrogen-bond donors (Lipinski definition) is 1. The number of carbonyl (C=O) groups excluding carboxylic acids is 1. The smallest absolute Gasteiger partial charge is 0.260 e. The molecule has 2 aromatic rings. The van der Waals surface area contributed by atoms with Crippen LogP contribution < -0.4 is 9.73 Å². The minimum absolute atomic E-state index is 0.342. The molecule has 0 aliphatic rings. The van der Waals surface area contributed by atoms with Gasteiger partial charge >= 0.3 is 0 Å². The van der Waals surface area contributed by atoms with Gasteiger partial charge < -0.3 is 0 Å². The standard InChI is InChI=1S/C21H27N3O3S/c1-14-9-15(2)11-20(10-14)24(28(6,26)27)13-21(25)23-22-12-19-8-7-16(3)17(4)18(19)5/h7-12H,13H2,1-6H3,(H,23,25)/b22-12-. The Morgan fingerprint density at radius 2 is 1.64 bits per heavy atom. The lowest BCUT2D eigenvalue weighted by Gasteiger charge is -2.22. The van der Waals surface area contributed by atoms with Crippen molar-refractivity contribution in [2.75, 3.05) is 17.1 Å². The average molecular weight is 402 g/mol. The molecule has 0 atom stereocenters. The molecule has 6 nitrogen and oxygen atoms in total. The Morgan fingerprint density at radius 1 is 1.04 bits per heavy atom. The summed E-state index contributed by atoms with van der Waals surface area (Å²) < 4.78 is 25.5. The van der Waals surface area contributed by atoms with Crippen LogP contribution in [0, 0.1) is 34.6 Å². The average Bonchev–Trinajstić information content (AvgIpc) is 2.58. The molecule has 1 N–H and O–H groups in total. The van der Waals surface area contributed by atoms with Crippen LogP contribution in [0.25, 0.3) is 0 Å². The Morgan fingerprint density at radius 3 is 2.21 bits per heavy atom. The van der Waals surface area contributed by atoms with Crippen LogP contribution in [-0.2, 0) is 14.8 Å². The molecule has 0 unspecified atom stereocenters. The first-order chi connectivity index (χ1) is 13.0. The SMILES string of the molecule is Cc1cc(C)cc(N(CC(=O)N/N=C\c2ccc(C)c(C)c2C)S(C)(=O)=O)c1. The lowest BCUT2D eigenvalue weighted by atomic mass is 10.00. The van der Waals surface area contributed by atoms with Gasteiger partial charge in [-0.1, -0.05) is 18.2 Å². The number of rotatable bonds is 6. The van der Waals surface area contributed by atoms with Crippen LogP contribution in [0.15, 0.2) is 35.4 Å². The van der Waals surface area contributed by atoms with Gasteiger partial charge in [-0.05, 0) is 80.1 Å². The minimum atomic E-state index is -3.62. The second kappa shape index (κ2) is 8.56. The predicted molar refractivity (Wildman–Crippen MR) is 114 cm³/mol. The van der Waals surface area contributed by atoms with Crippen molar-refractivity contribution in [1.82, 2.24) is 5.43 Å². The summed E-state index contributed by atoms with van der Waals surface area (Å²) in [7, 11) is -3.62. The highest BCUT2D eigenvalue weighted by molar-refractivity contribution is 7.92. The van der Waals surface area contributed by atoms with Crippen LogP contribution in [0.2, 0.25) is 0 Å². The normalized spacial score (nSPS) is 11.6. The number of carbonyl (C=O) groups is 1. The first kappa shape index (κ1) is 21.6. The van der Waals surface area contributed by atoms with E-state index in [-0.39, 0.29) is 6.54 Å². The van der Waals surface area contributed by atoms with Gasteiger partial charge in [-0.2, -0.15) is 5.10 Å². The van der Waals surface area contributed by atoms with Crippen LogP contribution in [0.1, 0.15) is 33.4 Å². The van der Waals surface area contributed by atoms with Gasteiger partial charge in [-0.25, -0.2) is 13.8 Å². The van der Waals surface area contributed by atoms with Crippen molar-refractivity contribution in [2.45, 2.75) is 34.6 Å². The largest absolute Gasteiger partial charge is 0.271 e. The number of sulfonamides is 1. The van der Waals surface area contributed by atoms with Gasteiger partial charge in [-0.3, -0.25) is 9.10 Å². The summed E-state index contributed by atoms with van der Waals surface area (Å²) in [5.41, 5.74) is 9.08. The van der Waals surface area contributed by atoms with E-state index in [4.69, 9.17) is 0 Å². The van der Waals surface area contributed by atoms with Gasteiger partial charge in [0.1, 0.15) is 6.54 Å². The number of amides is 1. The summed E-state index contributed by atoms with van der Waals surface area (Å²) >= 11 is 0. The maximum absolute atomic E-state index is 12.3. The predicted octanol–water partition coefficient (Wildman–Crippen LogP) is 3.15. The molecule has 2 aromatic carbocycles. The fourth-order valence-electron chi connectivity index (χ4n) is 2.95. The molecule has 0 saturated carbocycles. The third-order valence-electron chi connectivity index (χ3n) is 4.67. The second-order valence-electron chi connectivity index (χ2n) is 7.13. The van der Waals surface area contributed by atoms with E-state index in [1.54, 1.807) is 18.3 Å². The van der Waals surface area contributed by atoms with E-state index >= 15 is 0 Å². The zero-order chi connectivity index (χ0) is 21.1. The number of benzene rings is 2. The Balaban J connectivity index is 2.16. The molecule has 0 spiro atoms. The van der Waals surface area contributed by atoms with Gasteiger partial charge in [0.05, 0.1) is 18.2 Å². The van der Waals surface area contributed by atoms with Gasteiger partial charge in [0.2, 0.25) is 10.0 Å². The maximum atomic E-state index is 12.3. The maximum Gasteiger partial charge on any atom is 0.260 e. The van der Waals surface area contributed by atoms with Crippen molar-refractivity contribution in [3.63, 3.8) is 0 Å². The minimum Gasteiger partial charge on any atom is -0.271 e. The summed E-state index contributed by atoms with van der Waals surface area (Å²) in [4.78, 5) is 12.3. The van der Waals surface area contributed by atoms with E-state index < -0.39 is 15.9 Å². The van der Waals surface area contributed by atoms with Crippen molar-refractivity contribution < 1.29 is 13.2 Å². The molecular weight excluding hydrogens is 374 g/mol. The number of nitrogens with one attached hydrogen (secondary N) is 1. The highest BCUT2D eigenvalue weighted by atomic mass is 32.2. The molecule has 0 aromatic heterocycles. The number of anilines is 1. The number of hydrazone groups is 1. The molecule has 150 valence electrons. The molecule has 2 rings (SSSR count). The topological polar surface area (TPSA) is 78.8 Å². The number of nitrogens with zero attached hydrogens (tertiary/aromatic N) is 2. The molecule has 0 aliphatic heterocycles. The van der Waals surface area contributed by atoms with Gasteiger partial charge in [0, 0.05) is 0 Å². The summed E-state index contributed by atoms with van der Waals surface area (Å²) in [6.45, 7) is 9.49. The lowest BCUT2D eigenvalue weighted by Crippen LogP contribution is -2.39. The van der Waals surface area contributed by atoms with Crippen molar-refractivity contribution in [3.05, 3.63) is 63.7 Å². The van der Waals surface area contributed by atoms with Crippen LogP contribution in [0.3, 0.4) is 0 Å². The molecule has 0 aliphatic carbocycles. The summed E-state index contributed by atoms with van der Waals surface area (Å²) in [6, 6.07) is 9.36. The van der Waals surface area contributed by atoms with Crippen molar-refractivity contribution >= 4 is 27.8 Å². The molecule has 1 amide bonds. The third-order valence-corrected chi connectivity index (χ3v) is 5.82. The molecular formula is C21H27N3O3S. The Bertz CT molecular complexity index is 1010. The molecule has 0 fully saturated rings. The fourth-order valence-corrected chi connectivity index (χ4v) is 3.79. The first-order valence-electron chi connectivity index (χ1n) is 8.93. The first-order valence-corrected chi connectivity index (χ1v) is 10.8. The van der Waals surface area contributed by atoms with E-state index in [1.165, 1.54) is 11.1 Å². The molecule has 0 heterocycles. The lowest BCUT2D eigenvalue weighted by molar-refractivity contribution is -0.119. The molecule has 28 heavy (non-hydrogen) atoms. The van der Waals surface area contributed by atoms with Crippen molar-refractivity contribution in [1.29, 1.82) is 0 Å². The van der Waals surface area contributed by atoms with Crippen LogP contribution in [-0.4, -0.2) is 33.3 Å². The number of aryl methyl sites for hydroxylation is 3. The van der Waals surface area contributed by atoms with E-state index in [2.05, 4.69) is 10.5 Å². The summed E-state index contributed by atoms with van der Waals surface area (Å²) in [6.07, 6.45) is 2.65. The molecule has 0 radical (unpaired) electrons. The van der Waals surface area contributed by atoms with Crippen molar-refractivity contribution in [3.8, 4) is 0 Å².